The summed E-state index contributed by atoms with van der Waals surface area (Å²) in [7, 11) is 0. The lowest BCUT2D eigenvalue weighted by atomic mass is 9.98. The molecule has 1 aliphatic carbocycles. The Bertz CT molecular complexity index is 820. The molecule has 2 aliphatic rings. The number of nitrogens with one attached hydrogen (secondary N) is 1. The molecular formula is C22H25NO5. The molecule has 0 aromatic heterocycles. The summed E-state index contributed by atoms with van der Waals surface area (Å²) in [5.74, 6) is -0.725. The average Bonchev–Trinajstić information content (AvgIpc) is 3.22. The highest BCUT2D eigenvalue weighted by molar-refractivity contribution is 5.79. The first kappa shape index (κ1) is 18.9. The Hall–Kier alpha value is -2.41. The molecule has 28 heavy (non-hydrogen) atoms. The molecule has 1 saturated heterocycles. The van der Waals surface area contributed by atoms with Crippen molar-refractivity contribution >= 4 is 6.09 Å². The highest BCUT2D eigenvalue weighted by Crippen LogP contribution is 2.44. The van der Waals surface area contributed by atoms with Gasteiger partial charge in [-0.2, -0.15) is 0 Å². The summed E-state index contributed by atoms with van der Waals surface area (Å²) in [4.78, 5) is 12.4. The molecule has 0 radical (unpaired) electrons. The van der Waals surface area contributed by atoms with Crippen molar-refractivity contribution in [1.29, 1.82) is 0 Å². The lowest BCUT2D eigenvalue weighted by Gasteiger charge is -2.23. The molecule has 1 heterocycles. The SMILES string of the molecule is CC1(C)OC[C@H]([C@@H](CO)NC(=O)OCC2c3ccccc3-c3ccccc32)O1. The van der Waals surface area contributed by atoms with Gasteiger partial charge < -0.3 is 24.6 Å². The van der Waals surface area contributed by atoms with Crippen LogP contribution in [0.5, 0.6) is 0 Å². The van der Waals surface area contributed by atoms with Gasteiger partial charge in [-0.15, -0.1) is 0 Å². The maximum absolute atomic E-state index is 12.4. The largest absolute Gasteiger partial charge is 0.449 e. The maximum atomic E-state index is 12.4. The van der Waals surface area contributed by atoms with E-state index in [9.17, 15) is 9.90 Å². The van der Waals surface area contributed by atoms with Crippen molar-refractivity contribution in [3.63, 3.8) is 0 Å². The molecule has 2 aromatic rings. The summed E-state index contributed by atoms with van der Waals surface area (Å²) >= 11 is 0. The van der Waals surface area contributed by atoms with Crippen LogP contribution in [-0.2, 0) is 14.2 Å². The number of hydrogen-bond acceptors (Lipinski definition) is 5. The fourth-order valence-electron chi connectivity index (χ4n) is 3.96. The van der Waals surface area contributed by atoms with Crippen molar-refractivity contribution < 1.29 is 24.1 Å². The molecule has 2 aromatic carbocycles. The first-order chi connectivity index (χ1) is 13.5. The van der Waals surface area contributed by atoms with E-state index in [1.165, 1.54) is 11.1 Å². The summed E-state index contributed by atoms with van der Waals surface area (Å²) in [5, 5.41) is 12.3. The fraction of sp³-hybridized carbons (Fsp3) is 0.409. The van der Waals surface area contributed by atoms with Crippen LogP contribution in [0.3, 0.4) is 0 Å². The molecule has 148 valence electrons. The first-order valence-corrected chi connectivity index (χ1v) is 9.52. The van der Waals surface area contributed by atoms with Gasteiger partial charge >= 0.3 is 6.09 Å². The second kappa shape index (κ2) is 7.54. The zero-order valence-electron chi connectivity index (χ0n) is 16.1. The lowest BCUT2D eigenvalue weighted by Crippen LogP contribution is -2.47. The number of amides is 1. The van der Waals surface area contributed by atoms with Crippen LogP contribution in [0.1, 0.15) is 30.9 Å². The number of fused-ring (bicyclic) bond motifs is 3. The van der Waals surface area contributed by atoms with Gasteiger partial charge in [0.15, 0.2) is 5.79 Å². The molecule has 0 spiro atoms. The van der Waals surface area contributed by atoms with Crippen LogP contribution >= 0.6 is 0 Å². The summed E-state index contributed by atoms with van der Waals surface area (Å²) in [6.45, 7) is 3.88. The molecule has 2 N–H and O–H groups in total. The third-order valence-corrected chi connectivity index (χ3v) is 5.32. The standard InChI is InChI=1S/C22H25NO5/c1-22(2)27-13-20(28-22)19(11-24)23-21(25)26-12-18-16-9-5-3-7-14(16)15-8-4-6-10-17(15)18/h3-10,18-20,24H,11-13H2,1-2H3,(H,23,25)/t19-,20-/m1/s1. The third kappa shape index (κ3) is 3.63. The molecule has 1 fully saturated rings. The minimum absolute atomic E-state index is 0.00396. The third-order valence-electron chi connectivity index (χ3n) is 5.32. The number of rotatable bonds is 5. The minimum Gasteiger partial charge on any atom is -0.449 e. The van der Waals surface area contributed by atoms with Gasteiger partial charge in [0, 0.05) is 5.92 Å². The van der Waals surface area contributed by atoms with E-state index in [1.54, 1.807) is 13.8 Å². The average molecular weight is 383 g/mol. The molecule has 6 heteroatoms. The predicted molar refractivity (Wildman–Crippen MR) is 104 cm³/mol. The number of carbonyl (C=O) groups is 1. The van der Waals surface area contributed by atoms with Crippen molar-refractivity contribution in [3.8, 4) is 11.1 Å². The summed E-state index contributed by atoms with van der Waals surface area (Å²) in [6, 6.07) is 15.8. The van der Waals surface area contributed by atoms with Gasteiger partial charge in [0.25, 0.3) is 0 Å². The Balaban J connectivity index is 1.41. The van der Waals surface area contributed by atoms with E-state index in [0.717, 1.165) is 11.1 Å². The van der Waals surface area contributed by atoms with Crippen LogP contribution in [0.25, 0.3) is 11.1 Å². The Morgan fingerprint density at radius 3 is 2.32 bits per heavy atom. The van der Waals surface area contributed by atoms with Crippen LogP contribution < -0.4 is 5.32 Å². The monoisotopic (exact) mass is 383 g/mol. The second-order valence-electron chi connectivity index (χ2n) is 7.63. The molecule has 1 amide bonds. The van der Waals surface area contributed by atoms with E-state index in [-0.39, 0.29) is 19.1 Å². The van der Waals surface area contributed by atoms with Gasteiger partial charge in [-0.05, 0) is 36.1 Å². The molecular weight excluding hydrogens is 358 g/mol. The van der Waals surface area contributed by atoms with Gasteiger partial charge in [0.05, 0.1) is 19.3 Å². The Labute approximate surface area is 164 Å². The quantitative estimate of drug-likeness (QED) is 0.830. The van der Waals surface area contributed by atoms with Gasteiger partial charge in [0.1, 0.15) is 12.7 Å². The zero-order valence-corrected chi connectivity index (χ0v) is 16.1. The molecule has 0 saturated carbocycles. The van der Waals surface area contributed by atoms with Crippen LogP contribution in [0, 0.1) is 0 Å². The Morgan fingerprint density at radius 2 is 1.79 bits per heavy atom. The van der Waals surface area contributed by atoms with Crippen molar-refractivity contribution in [1.82, 2.24) is 5.32 Å². The number of ether oxygens (including phenoxy) is 3. The number of alkyl carbamates (subject to hydrolysis) is 1. The summed E-state index contributed by atoms with van der Waals surface area (Å²) in [6.07, 6.45) is -0.991. The van der Waals surface area contributed by atoms with Gasteiger partial charge in [-0.1, -0.05) is 48.5 Å². The zero-order chi connectivity index (χ0) is 19.7. The number of aliphatic hydroxyl groups excluding tert-OH is 1. The Morgan fingerprint density at radius 1 is 1.18 bits per heavy atom. The molecule has 6 nitrogen and oxygen atoms in total. The van der Waals surface area contributed by atoms with Crippen molar-refractivity contribution in [2.24, 2.45) is 0 Å². The number of aliphatic hydroxyl groups is 1. The topological polar surface area (TPSA) is 77.0 Å². The van der Waals surface area contributed by atoms with E-state index < -0.39 is 24.0 Å². The minimum atomic E-state index is -0.721. The molecule has 1 aliphatic heterocycles. The lowest BCUT2D eigenvalue weighted by molar-refractivity contribution is -0.142. The molecule has 2 atom stereocenters. The molecule has 0 bridgehead atoms. The van der Waals surface area contributed by atoms with Crippen LogP contribution in [0.2, 0.25) is 0 Å². The van der Waals surface area contributed by atoms with Gasteiger partial charge in [-0.3, -0.25) is 0 Å². The van der Waals surface area contributed by atoms with Gasteiger partial charge in [0.2, 0.25) is 0 Å². The van der Waals surface area contributed by atoms with E-state index in [2.05, 4.69) is 29.6 Å². The maximum Gasteiger partial charge on any atom is 0.407 e. The van der Waals surface area contributed by atoms with Crippen molar-refractivity contribution in [2.75, 3.05) is 19.8 Å². The molecule has 0 unspecified atom stereocenters. The number of hydrogen-bond donors (Lipinski definition) is 2. The van der Waals surface area contributed by atoms with Crippen molar-refractivity contribution in [3.05, 3.63) is 59.7 Å². The molecule has 4 rings (SSSR count). The van der Waals surface area contributed by atoms with E-state index in [0.29, 0.717) is 6.61 Å². The second-order valence-corrected chi connectivity index (χ2v) is 7.63. The summed E-state index contributed by atoms with van der Waals surface area (Å²) in [5.41, 5.74) is 4.67. The smallest absolute Gasteiger partial charge is 0.407 e. The number of benzene rings is 2. The van der Waals surface area contributed by atoms with Gasteiger partial charge in [-0.25, -0.2) is 4.79 Å². The first-order valence-electron chi connectivity index (χ1n) is 9.52. The normalized spacial score (nSPS) is 21.0. The van der Waals surface area contributed by atoms with Crippen LogP contribution in [0.4, 0.5) is 4.79 Å². The highest BCUT2D eigenvalue weighted by atomic mass is 16.7. The fourth-order valence-corrected chi connectivity index (χ4v) is 3.96. The van der Waals surface area contributed by atoms with E-state index >= 15 is 0 Å². The van der Waals surface area contributed by atoms with E-state index in [1.807, 2.05) is 24.3 Å². The summed E-state index contributed by atoms with van der Waals surface area (Å²) < 4.78 is 16.8. The highest BCUT2D eigenvalue weighted by Gasteiger charge is 2.38. The Kier molecular flexibility index (Phi) is 5.10. The van der Waals surface area contributed by atoms with Crippen LogP contribution in [-0.4, -0.2) is 49.0 Å². The van der Waals surface area contributed by atoms with Crippen molar-refractivity contribution in [2.45, 2.75) is 37.7 Å². The number of carbonyl (C=O) groups excluding carboxylic acids is 1. The predicted octanol–water partition coefficient (Wildman–Crippen LogP) is 3.04. The van der Waals surface area contributed by atoms with Crippen LogP contribution in [0.15, 0.2) is 48.5 Å². The van der Waals surface area contributed by atoms with E-state index in [4.69, 9.17) is 14.2 Å².